The van der Waals surface area contributed by atoms with Crippen LogP contribution in [0.15, 0.2) is 12.3 Å². The van der Waals surface area contributed by atoms with Gasteiger partial charge in [-0.2, -0.15) is 0 Å². The number of hydrogen-bond donors (Lipinski definition) is 1. The molecule has 2 rings (SSSR count). The molecule has 1 aliphatic rings. The van der Waals surface area contributed by atoms with Gasteiger partial charge in [-0.1, -0.05) is 0 Å². The van der Waals surface area contributed by atoms with Crippen molar-refractivity contribution < 1.29 is 4.79 Å². The number of likely N-dealkylation sites (tertiary alicyclic amines) is 1. The molecule has 0 unspecified atom stereocenters. The van der Waals surface area contributed by atoms with E-state index in [9.17, 15) is 4.79 Å². The molecular weight excluding hydrogens is 288 g/mol. The van der Waals surface area contributed by atoms with Gasteiger partial charge in [0, 0.05) is 38.1 Å². The molecule has 0 aliphatic carbocycles. The number of nitrogens with one attached hydrogen (secondary N) is 1. The van der Waals surface area contributed by atoms with Crippen molar-refractivity contribution in [2.45, 2.75) is 52.6 Å². The largest absolute Gasteiger partial charge is 0.334 e. The Morgan fingerprint density at radius 3 is 2.74 bits per heavy atom. The topological polar surface area (TPSA) is 48.5 Å². The molecule has 0 aromatic carbocycles. The zero-order valence-electron chi connectivity index (χ0n) is 14.9. The molecule has 2 heterocycles. The number of aromatic nitrogens is 1. The van der Waals surface area contributed by atoms with Gasteiger partial charge in [0.05, 0.1) is 0 Å². The van der Waals surface area contributed by atoms with E-state index < -0.39 is 0 Å². The van der Waals surface area contributed by atoms with E-state index in [1.807, 2.05) is 26.2 Å². The second kappa shape index (κ2) is 8.29. The number of nitrogens with zero attached hydrogens (tertiary/aromatic N) is 3. The van der Waals surface area contributed by atoms with Gasteiger partial charge in [0.2, 0.25) is 0 Å². The summed E-state index contributed by atoms with van der Waals surface area (Å²) in [5, 5.41) is 2.99. The summed E-state index contributed by atoms with van der Waals surface area (Å²) < 4.78 is 0. The monoisotopic (exact) mass is 318 g/mol. The predicted octanol–water partition coefficient (Wildman–Crippen LogP) is 2.71. The van der Waals surface area contributed by atoms with E-state index in [0.29, 0.717) is 12.6 Å². The molecule has 23 heavy (non-hydrogen) atoms. The minimum atomic E-state index is -0.0152. The third kappa shape index (κ3) is 5.20. The fourth-order valence-electron chi connectivity index (χ4n) is 3.06. The van der Waals surface area contributed by atoms with Gasteiger partial charge in [-0.05, 0) is 70.3 Å². The molecule has 1 aliphatic heterocycles. The summed E-state index contributed by atoms with van der Waals surface area (Å²) in [6.07, 6.45) is 5.49. The number of pyridine rings is 1. The molecule has 1 saturated heterocycles. The summed E-state index contributed by atoms with van der Waals surface area (Å²) in [5.41, 5.74) is 3.25. The predicted molar refractivity (Wildman–Crippen MR) is 93.5 cm³/mol. The van der Waals surface area contributed by atoms with Crippen LogP contribution in [0.4, 0.5) is 4.79 Å². The fraction of sp³-hybridized carbons (Fsp3) is 0.667. The van der Waals surface area contributed by atoms with Gasteiger partial charge < -0.3 is 15.1 Å². The first-order valence-corrected chi connectivity index (χ1v) is 8.62. The van der Waals surface area contributed by atoms with Crippen molar-refractivity contribution in [3.63, 3.8) is 0 Å². The summed E-state index contributed by atoms with van der Waals surface area (Å²) in [4.78, 5) is 20.8. The van der Waals surface area contributed by atoms with Gasteiger partial charge in [0.25, 0.3) is 0 Å². The van der Waals surface area contributed by atoms with E-state index in [1.165, 1.54) is 31.5 Å². The Bertz CT molecular complexity index is 526. The van der Waals surface area contributed by atoms with E-state index >= 15 is 0 Å². The molecule has 1 fully saturated rings. The van der Waals surface area contributed by atoms with Crippen LogP contribution >= 0.6 is 0 Å². The molecular formula is C18H30N4O. The molecule has 0 spiro atoms. The van der Waals surface area contributed by atoms with E-state index in [-0.39, 0.29) is 6.03 Å². The van der Waals surface area contributed by atoms with Crippen molar-refractivity contribution in [3.8, 4) is 0 Å². The maximum atomic E-state index is 12.2. The van der Waals surface area contributed by atoms with Crippen molar-refractivity contribution >= 4 is 6.03 Å². The highest BCUT2D eigenvalue weighted by Crippen LogP contribution is 2.14. The standard InChI is InChI=1S/C18H30N4O/c1-14-11-15(2)19-12-17(14)13-20-18(23)21(4)10-7-16(3)22-8-5-6-9-22/h11-12,16H,5-10,13H2,1-4H3,(H,20,23)/t16-/m0/s1. The number of carbonyl (C=O) groups excluding carboxylic acids is 1. The van der Waals surface area contributed by atoms with Crippen LogP contribution in [0.1, 0.15) is 43.0 Å². The minimum Gasteiger partial charge on any atom is -0.334 e. The van der Waals surface area contributed by atoms with Crippen LogP contribution < -0.4 is 5.32 Å². The van der Waals surface area contributed by atoms with Gasteiger partial charge in [-0.3, -0.25) is 4.98 Å². The Labute approximate surface area is 140 Å². The Kier molecular flexibility index (Phi) is 6.39. The first-order chi connectivity index (χ1) is 11.0. The van der Waals surface area contributed by atoms with E-state index in [0.717, 1.165) is 24.2 Å². The molecule has 2 amide bonds. The van der Waals surface area contributed by atoms with Gasteiger partial charge >= 0.3 is 6.03 Å². The van der Waals surface area contributed by atoms with Crippen molar-refractivity contribution in [1.29, 1.82) is 0 Å². The van der Waals surface area contributed by atoms with Crippen LogP contribution in [0.3, 0.4) is 0 Å². The van der Waals surface area contributed by atoms with Crippen LogP contribution in [0.2, 0.25) is 0 Å². The Morgan fingerprint density at radius 1 is 1.39 bits per heavy atom. The average Bonchev–Trinajstić information content (AvgIpc) is 3.05. The van der Waals surface area contributed by atoms with Crippen LogP contribution in [-0.2, 0) is 6.54 Å². The number of amides is 2. The zero-order valence-corrected chi connectivity index (χ0v) is 14.9. The van der Waals surface area contributed by atoms with Gasteiger partial charge in [-0.25, -0.2) is 4.79 Å². The lowest BCUT2D eigenvalue weighted by Crippen LogP contribution is -2.40. The SMILES string of the molecule is Cc1cc(C)c(CNC(=O)N(C)CC[C@H](C)N2CCCC2)cn1. The highest BCUT2D eigenvalue weighted by molar-refractivity contribution is 5.73. The molecule has 0 bridgehead atoms. The molecule has 1 aromatic heterocycles. The van der Waals surface area contributed by atoms with Crippen molar-refractivity contribution in [2.24, 2.45) is 0 Å². The van der Waals surface area contributed by atoms with Crippen molar-refractivity contribution in [3.05, 3.63) is 29.1 Å². The van der Waals surface area contributed by atoms with Crippen molar-refractivity contribution in [2.75, 3.05) is 26.7 Å². The molecule has 1 aromatic rings. The number of carbonyl (C=O) groups is 1. The first-order valence-electron chi connectivity index (χ1n) is 8.62. The maximum absolute atomic E-state index is 12.2. The van der Waals surface area contributed by atoms with Gasteiger partial charge in [0.15, 0.2) is 0 Å². The summed E-state index contributed by atoms with van der Waals surface area (Å²) >= 11 is 0. The second-order valence-electron chi connectivity index (χ2n) is 6.71. The lowest BCUT2D eigenvalue weighted by atomic mass is 10.1. The van der Waals surface area contributed by atoms with Crippen LogP contribution in [0.25, 0.3) is 0 Å². The summed E-state index contributed by atoms with van der Waals surface area (Å²) in [6, 6.07) is 2.58. The van der Waals surface area contributed by atoms with Crippen LogP contribution in [-0.4, -0.2) is 53.5 Å². The molecule has 5 nitrogen and oxygen atoms in total. The number of aryl methyl sites for hydroxylation is 2. The highest BCUT2D eigenvalue weighted by atomic mass is 16.2. The van der Waals surface area contributed by atoms with Crippen molar-refractivity contribution in [1.82, 2.24) is 20.1 Å². The number of rotatable bonds is 6. The van der Waals surface area contributed by atoms with E-state index in [4.69, 9.17) is 0 Å². The normalized spacial score (nSPS) is 16.3. The Morgan fingerprint density at radius 2 is 2.09 bits per heavy atom. The molecule has 1 N–H and O–H groups in total. The molecule has 1 atom stereocenters. The quantitative estimate of drug-likeness (QED) is 0.877. The average molecular weight is 318 g/mol. The van der Waals surface area contributed by atoms with Crippen LogP contribution in [0, 0.1) is 13.8 Å². The molecule has 0 saturated carbocycles. The number of hydrogen-bond acceptors (Lipinski definition) is 3. The van der Waals surface area contributed by atoms with Gasteiger partial charge in [-0.15, -0.1) is 0 Å². The van der Waals surface area contributed by atoms with E-state index in [2.05, 4.69) is 29.0 Å². The maximum Gasteiger partial charge on any atom is 0.317 e. The Hall–Kier alpha value is -1.62. The summed E-state index contributed by atoms with van der Waals surface area (Å²) in [7, 11) is 1.87. The fourth-order valence-corrected chi connectivity index (χ4v) is 3.06. The lowest BCUT2D eigenvalue weighted by Gasteiger charge is -2.26. The molecule has 128 valence electrons. The lowest BCUT2D eigenvalue weighted by molar-refractivity contribution is 0.194. The van der Waals surface area contributed by atoms with Gasteiger partial charge in [0.1, 0.15) is 0 Å². The third-order valence-corrected chi connectivity index (χ3v) is 4.78. The van der Waals surface area contributed by atoms with Crippen LogP contribution in [0.5, 0.6) is 0 Å². The number of urea groups is 1. The minimum absolute atomic E-state index is 0.0152. The molecule has 5 heteroatoms. The smallest absolute Gasteiger partial charge is 0.317 e. The third-order valence-electron chi connectivity index (χ3n) is 4.78. The first kappa shape index (κ1) is 17.7. The summed E-state index contributed by atoms with van der Waals surface area (Å²) in [5.74, 6) is 0. The molecule has 0 radical (unpaired) electrons. The second-order valence-corrected chi connectivity index (χ2v) is 6.71. The zero-order chi connectivity index (χ0) is 16.8. The van der Waals surface area contributed by atoms with E-state index in [1.54, 1.807) is 4.90 Å². The summed E-state index contributed by atoms with van der Waals surface area (Å²) in [6.45, 7) is 10.0. The highest BCUT2D eigenvalue weighted by Gasteiger charge is 2.19. The Balaban J connectivity index is 1.73.